The number of fused-ring (bicyclic) bond motifs is 3. The molecule has 0 spiro atoms. The molecule has 6 nitrogen and oxygen atoms in total. The smallest absolute Gasteiger partial charge is 0.303 e. The van der Waals surface area contributed by atoms with E-state index in [9.17, 15) is 4.79 Å². The number of rotatable bonds is 5. The van der Waals surface area contributed by atoms with Crippen molar-refractivity contribution in [3.05, 3.63) is 35.9 Å². The number of carbonyl (C=O) groups is 1. The lowest BCUT2D eigenvalue weighted by Gasteiger charge is -2.55. The van der Waals surface area contributed by atoms with Crippen molar-refractivity contribution in [2.24, 2.45) is 17.8 Å². The maximum atomic E-state index is 11.0. The molecule has 4 aliphatic rings. The fourth-order valence-corrected chi connectivity index (χ4v) is 6.78. The van der Waals surface area contributed by atoms with E-state index in [0.717, 1.165) is 46.0 Å². The Kier molecular flexibility index (Phi) is 3.74. The molecule has 2 heterocycles. The number of aliphatic carboxylic acids is 1. The number of benzene rings is 1. The van der Waals surface area contributed by atoms with Crippen molar-refractivity contribution in [2.45, 2.75) is 63.2 Å². The topological polar surface area (TPSA) is 80.4 Å². The van der Waals surface area contributed by atoms with Gasteiger partial charge in [-0.05, 0) is 74.8 Å². The Morgan fingerprint density at radius 2 is 1.76 bits per heavy atom. The lowest BCUT2D eigenvalue weighted by atomic mass is 9.49. The summed E-state index contributed by atoms with van der Waals surface area (Å²) in [6.45, 7) is 0. The summed E-state index contributed by atoms with van der Waals surface area (Å²) in [5, 5.41) is 15.1. The van der Waals surface area contributed by atoms with Crippen molar-refractivity contribution in [2.75, 3.05) is 0 Å². The Hall–Kier alpha value is -2.50. The lowest BCUT2D eigenvalue weighted by Crippen LogP contribution is -2.49. The molecule has 0 aliphatic heterocycles. The molecule has 150 valence electrons. The summed E-state index contributed by atoms with van der Waals surface area (Å²) in [5.74, 6) is 3.60. The van der Waals surface area contributed by atoms with Crippen LogP contribution in [0.4, 0.5) is 0 Å². The summed E-state index contributed by atoms with van der Waals surface area (Å²) >= 11 is 0. The molecule has 29 heavy (non-hydrogen) atoms. The Balaban J connectivity index is 1.47. The van der Waals surface area contributed by atoms with E-state index in [2.05, 4.69) is 6.07 Å². The first kappa shape index (κ1) is 17.4. The first-order chi connectivity index (χ1) is 14.1. The zero-order chi connectivity index (χ0) is 19.6. The number of carboxylic acid groups (broad SMARTS) is 1. The first-order valence-corrected chi connectivity index (χ1v) is 11.0. The van der Waals surface area contributed by atoms with Gasteiger partial charge in [-0.25, -0.2) is 9.97 Å². The van der Waals surface area contributed by atoms with Crippen LogP contribution in [-0.4, -0.2) is 30.7 Å². The van der Waals surface area contributed by atoms with Crippen LogP contribution in [-0.2, 0) is 16.6 Å². The number of nitrogens with zero attached hydrogens (tertiary/aromatic N) is 4. The molecule has 2 aromatic heterocycles. The van der Waals surface area contributed by atoms with Gasteiger partial charge in [0.1, 0.15) is 5.82 Å². The molecule has 4 aliphatic carbocycles. The number of hydrogen-bond donors (Lipinski definition) is 1. The quantitative estimate of drug-likeness (QED) is 0.708. The third-order valence-electron chi connectivity index (χ3n) is 7.55. The third-order valence-corrected chi connectivity index (χ3v) is 7.55. The summed E-state index contributed by atoms with van der Waals surface area (Å²) < 4.78 is 1.91. The van der Waals surface area contributed by atoms with Crippen molar-refractivity contribution in [3.8, 4) is 0 Å². The average Bonchev–Trinajstić information content (AvgIpc) is 3.14. The molecular weight excluding hydrogens is 364 g/mol. The Morgan fingerprint density at radius 1 is 1.07 bits per heavy atom. The minimum Gasteiger partial charge on any atom is -0.481 e. The number of carboxylic acids is 1. The number of aryl methyl sites for hydroxylation is 1. The second kappa shape index (κ2) is 6.25. The van der Waals surface area contributed by atoms with E-state index in [1.165, 1.54) is 38.5 Å². The minimum atomic E-state index is -0.769. The van der Waals surface area contributed by atoms with E-state index >= 15 is 0 Å². The van der Waals surface area contributed by atoms with Gasteiger partial charge >= 0.3 is 5.97 Å². The SMILES string of the molecule is O=C(O)CCCc1nc2ccccc2c2nc(C34CC5CC(CC(C5)C3)C4)nn12. The van der Waals surface area contributed by atoms with Gasteiger partial charge < -0.3 is 5.11 Å². The third kappa shape index (κ3) is 2.75. The van der Waals surface area contributed by atoms with Crippen LogP contribution < -0.4 is 0 Å². The molecule has 0 radical (unpaired) electrons. The zero-order valence-electron chi connectivity index (χ0n) is 16.5. The monoisotopic (exact) mass is 390 g/mol. The highest BCUT2D eigenvalue weighted by Crippen LogP contribution is 2.60. The maximum Gasteiger partial charge on any atom is 0.303 e. The van der Waals surface area contributed by atoms with Crippen molar-refractivity contribution < 1.29 is 9.90 Å². The highest BCUT2D eigenvalue weighted by Gasteiger charge is 2.53. The van der Waals surface area contributed by atoms with Crippen LogP contribution in [0, 0.1) is 17.8 Å². The molecule has 0 unspecified atom stereocenters. The zero-order valence-corrected chi connectivity index (χ0v) is 16.5. The highest BCUT2D eigenvalue weighted by atomic mass is 16.4. The average molecular weight is 390 g/mol. The van der Waals surface area contributed by atoms with Gasteiger partial charge in [-0.15, -0.1) is 5.10 Å². The van der Waals surface area contributed by atoms with E-state index in [1.54, 1.807) is 0 Å². The van der Waals surface area contributed by atoms with E-state index < -0.39 is 5.97 Å². The molecule has 1 aromatic carbocycles. The molecule has 1 N–H and O–H groups in total. The van der Waals surface area contributed by atoms with Gasteiger partial charge in [0.15, 0.2) is 11.5 Å². The second-order valence-electron chi connectivity index (χ2n) is 9.66. The summed E-state index contributed by atoms with van der Waals surface area (Å²) in [6.07, 6.45) is 9.19. The van der Waals surface area contributed by atoms with Crippen LogP contribution in [0.15, 0.2) is 24.3 Å². The Morgan fingerprint density at radius 3 is 2.45 bits per heavy atom. The molecular formula is C23H26N4O2. The predicted molar refractivity (Wildman–Crippen MR) is 109 cm³/mol. The van der Waals surface area contributed by atoms with Crippen LogP contribution in [0.1, 0.15) is 63.0 Å². The van der Waals surface area contributed by atoms with E-state index in [0.29, 0.717) is 12.8 Å². The molecule has 7 rings (SSSR count). The molecule has 0 amide bonds. The van der Waals surface area contributed by atoms with E-state index in [4.69, 9.17) is 20.2 Å². The number of hydrogen-bond acceptors (Lipinski definition) is 4. The van der Waals surface area contributed by atoms with Crippen molar-refractivity contribution in [1.29, 1.82) is 0 Å². The summed E-state index contributed by atoms with van der Waals surface area (Å²) in [6, 6.07) is 8.09. The van der Waals surface area contributed by atoms with Gasteiger partial charge in [-0.2, -0.15) is 4.52 Å². The molecule has 6 heteroatoms. The predicted octanol–water partition coefficient (Wildman–Crippen LogP) is 4.15. The number of aromatic nitrogens is 4. The maximum absolute atomic E-state index is 11.0. The van der Waals surface area contributed by atoms with Gasteiger partial charge in [0.05, 0.1) is 5.52 Å². The van der Waals surface area contributed by atoms with Crippen molar-refractivity contribution in [1.82, 2.24) is 19.6 Å². The second-order valence-corrected chi connectivity index (χ2v) is 9.66. The van der Waals surface area contributed by atoms with Crippen LogP contribution in [0.3, 0.4) is 0 Å². The van der Waals surface area contributed by atoms with Crippen LogP contribution in [0.25, 0.3) is 16.6 Å². The van der Waals surface area contributed by atoms with Crippen LogP contribution in [0.5, 0.6) is 0 Å². The highest BCUT2D eigenvalue weighted by molar-refractivity contribution is 5.91. The minimum absolute atomic E-state index is 0.139. The first-order valence-electron chi connectivity index (χ1n) is 11.0. The molecule has 0 saturated heterocycles. The Labute approximate surface area is 169 Å². The molecule has 0 atom stereocenters. The molecule has 3 aromatic rings. The van der Waals surface area contributed by atoms with Crippen molar-refractivity contribution >= 4 is 22.5 Å². The van der Waals surface area contributed by atoms with Gasteiger partial charge in [0.25, 0.3) is 0 Å². The van der Waals surface area contributed by atoms with Gasteiger partial charge in [-0.1, -0.05) is 12.1 Å². The van der Waals surface area contributed by atoms with Crippen LogP contribution in [0.2, 0.25) is 0 Å². The van der Waals surface area contributed by atoms with Gasteiger partial charge in [0.2, 0.25) is 0 Å². The van der Waals surface area contributed by atoms with E-state index in [1.807, 2.05) is 22.7 Å². The van der Waals surface area contributed by atoms with Crippen LogP contribution >= 0.6 is 0 Å². The normalized spacial score (nSPS) is 30.4. The number of para-hydroxylation sites is 1. The van der Waals surface area contributed by atoms with E-state index in [-0.39, 0.29) is 11.8 Å². The van der Waals surface area contributed by atoms with Crippen molar-refractivity contribution in [3.63, 3.8) is 0 Å². The van der Waals surface area contributed by atoms with Gasteiger partial charge in [-0.3, -0.25) is 4.79 Å². The standard InChI is InChI=1S/C23H26N4O2/c28-20(29)7-3-6-19-24-18-5-2-1-4-17(18)21-25-22(26-27(19)21)23-11-14-8-15(12-23)10-16(9-14)13-23/h1-2,4-5,14-16H,3,6-13H2,(H,28,29). The Bertz CT molecular complexity index is 1080. The van der Waals surface area contributed by atoms with Gasteiger partial charge in [0, 0.05) is 23.6 Å². The lowest BCUT2D eigenvalue weighted by molar-refractivity contribution is -0.137. The fraction of sp³-hybridized carbons (Fsp3) is 0.565. The molecule has 4 fully saturated rings. The molecule has 4 saturated carbocycles. The fourth-order valence-electron chi connectivity index (χ4n) is 6.78. The summed E-state index contributed by atoms with van der Waals surface area (Å²) in [7, 11) is 0. The summed E-state index contributed by atoms with van der Waals surface area (Å²) in [4.78, 5) is 20.9. The summed E-state index contributed by atoms with van der Waals surface area (Å²) in [5.41, 5.74) is 1.93. The largest absolute Gasteiger partial charge is 0.481 e. The molecule has 4 bridgehead atoms.